The summed E-state index contributed by atoms with van der Waals surface area (Å²) in [4.78, 5) is 28.0. The monoisotopic (exact) mass is 555 g/mol. The lowest BCUT2D eigenvalue weighted by Crippen LogP contribution is -2.52. The molecule has 2 aromatic carbocycles. The lowest BCUT2D eigenvalue weighted by Gasteiger charge is -2.43. The van der Waals surface area contributed by atoms with E-state index < -0.39 is 26.4 Å². The second-order valence-corrected chi connectivity index (χ2v) is 16.9. The van der Waals surface area contributed by atoms with Crippen LogP contribution in [0.2, 0.25) is 18.1 Å². The minimum absolute atomic E-state index is 0.0416. The maximum absolute atomic E-state index is 13.9. The molecule has 0 radical (unpaired) electrons. The maximum atomic E-state index is 13.9. The number of amides is 2. The number of hydrogen-bond donors (Lipinski definition) is 0. The Morgan fingerprint density at radius 3 is 2.28 bits per heavy atom. The van der Waals surface area contributed by atoms with Crippen LogP contribution in [0.1, 0.15) is 45.7 Å². The number of carbonyl (C=O) groups is 2. The molecule has 3 rings (SSSR count). The van der Waals surface area contributed by atoms with Gasteiger partial charge in [0.25, 0.3) is 0 Å². The van der Waals surface area contributed by atoms with Crippen molar-refractivity contribution in [1.29, 1.82) is 0 Å². The van der Waals surface area contributed by atoms with E-state index in [1.807, 2.05) is 61.5 Å². The fourth-order valence-corrected chi connectivity index (χ4v) is 6.00. The van der Waals surface area contributed by atoms with Gasteiger partial charge in [0, 0.05) is 5.92 Å². The van der Waals surface area contributed by atoms with Crippen molar-refractivity contribution in [3.05, 3.63) is 65.7 Å². The molecule has 1 heterocycles. The molecule has 39 heavy (non-hydrogen) atoms. The van der Waals surface area contributed by atoms with Crippen molar-refractivity contribution in [3.63, 3.8) is 0 Å². The third kappa shape index (κ3) is 7.93. The van der Waals surface area contributed by atoms with Crippen molar-refractivity contribution < 1.29 is 28.2 Å². The Labute approximate surface area is 234 Å². The van der Waals surface area contributed by atoms with Crippen molar-refractivity contribution in [1.82, 2.24) is 4.90 Å². The van der Waals surface area contributed by atoms with Crippen LogP contribution in [0.15, 0.2) is 54.6 Å². The van der Waals surface area contributed by atoms with Gasteiger partial charge in [0.15, 0.2) is 8.32 Å². The van der Waals surface area contributed by atoms with Gasteiger partial charge in [-0.3, -0.25) is 4.79 Å². The quantitative estimate of drug-likeness (QED) is 0.280. The summed E-state index contributed by atoms with van der Waals surface area (Å²) >= 11 is 0. The predicted molar refractivity (Wildman–Crippen MR) is 155 cm³/mol. The molecule has 214 valence electrons. The van der Waals surface area contributed by atoms with Crippen LogP contribution in [-0.2, 0) is 31.7 Å². The van der Waals surface area contributed by atoms with Gasteiger partial charge >= 0.3 is 6.09 Å². The second-order valence-electron chi connectivity index (χ2n) is 12.1. The molecule has 0 bridgehead atoms. The molecule has 4 atom stereocenters. The van der Waals surface area contributed by atoms with E-state index in [4.69, 9.17) is 18.6 Å². The number of hydrogen-bond acceptors (Lipinski definition) is 6. The molecule has 1 aliphatic heterocycles. The summed E-state index contributed by atoms with van der Waals surface area (Å²) in [6, 6.07) is 17.3. The number of carbonyl (C=O) groups excluding carboxylic acids is 2. The van der Waals surface area contributed by atoms with Gasteiger partial charge in [-0.2, -0.15) is 0 Å². The second kappa shape index (κ2) is 13.1. The van der Waals surface area contributed by atoms with Gasteiger partial charge in [0.05, 0.1) is 38.4 Å². The van der Waals surface area contributed by atoms with Crippen LogP contribution in [0.4, 0.5) is 4.79 Å². The normalized spacial score (nSPS) is 18.4. The summed E-state index contributed by atoms with van der Waals surface area (Å²) in [5.74, 6) is -0.0948. The highest BCUT2D eigenvalue weighted by Gasteiger charge is 2.46. The maximum Gasteiger partial charge on any atom is 0.416 e. The molecule has 1 saturated heterocycles. The first-order valence-electron chi connectivity index (χ1n) is 13.8. The van der Waals surface area contributed by atoms with Crippen LogP contribution < -0.4 is 4.74 Å². The van der Waals surface area contributed by atoms with Crippen LogP contribution in [0.25, 0.3) is 0 Å². The highest BCUT2D eigenvalue weighted by atomic mass is 28.4. The van der Waals surface area contributed by atoms with E-state index in [0.29, 0.717) is 19.6 Å². The first-order chi connectivity index (χ1) is 18.3. The van der Waals surface area contributed by atoms with Gasteiger partial charge in [-0.05, 0) is 47.8 Å². The van der Waals surface area contributed by atoms with Gasteiger partial charge in [-0.15, -0.1) is 0 Å². The standard InChI is InChI=1S/C31H45NO6Si/c1-22(19-36-20-25-14-16-27(35-6)17-15-25)28(38-39(7,8)31(3,4)5)23(2)29(33)32-26(21-37-30(32)34)18-24-12-10-9-11-13-24/h9-17,22-23,26,28H,18-21H2,1-8H3/t22-,23+,26+,28-/m0/s1. The summed E-state index contributed by atoms with van der Waals surface area (Å²) < 4.78 is 23.5. The summed E-state index contributed by atoms with van der Waals surface area (Å²) in [5, 5.41) is -0.0416. The summed E-state index contributed by atoms with van der Waals surface area (Å²) in [6.07, 6.45) is -0.443. The third-order valence-corrected chi connectivity index (χ3v) is 12.5. The Morgan fingerprint density at radius 2 is 1.69 bits per heavy atom. The zero-order valence-electron chi connectivity index (χ0n) is 24.7. The smallest absolute Gasteiger partial charge is 0.416 e. The van der Waals surface area contributed by atoms with Crippen molar-refractivity contribution >= 4 is 20.3 Å². The average Bonchev–Trinajstić information content (AvgIpc) is 3.26. The minimum atomic E-state index is -2.24. The number of rotatable bonds is 12. The molecule has 0 aliphatic carbocycles. The summed E-state index contributed by atoms with van der Waals surface area (Å²) in [5.41, 5.74) is 2.10. The molecular formula is C31H45NO6Si. The molecule has 2 amide bonds. The molecular weight excluding hydrogens is 510 g/mol. The van der Waals surface area contributed by atoms with E-state index in [1.165, 1.54) is 4.90 Å². The van der Waals surface area contributed by atoms with Gasteiger partial charge in [0.2, 0.25) is 5.91 Å². The molecule has 0 unspecified atom stereocenters. The van der Waals surface area contributed by atoms with E-state index >= 15 is 0 Å². The van der Waals surface area contributed by atoms with E-state index in [1.54, 1.807) is 7.11 Å². The van der Waals surface area contributed by atoms with Crippen molar-refractivity contribution in [2.75, 3.05) is 20.3 Å². The summed E-state index contributed by atoms with van der Waals surface area (Å²) in [6.45, 7) is 15.9. The largest absolute Gasteiger partial charge is 0.497 e. The van der Waals surface area contributed by atoms with Gasteiger partial charge in [-0.1, -0.05) is 77.1 Å². The van der Waals surface area contributed by atoms with Crippen molar-refractivity contribution in [3.8, 4) is 5.75 Å². The number of ether oxygens (including phenoxy) is 3. The van der Waals surface area contributed by atoms with Gasteiger partial charge in [0.1, 0.15) is 12.4 Å². The molecule has 0 N–H and O–H groups in total. The molecule has 0 aromatic heterocycles. The zero-order valence-corrected chi connectivity index (χ0v) is 25.7. The zero-order chi connectivity index (χ0) is 28.8. The number of nitrogens with zero attached hydrogens (tertiary/aromatic N) is 1. The van der Waals surface area contributed by atoms with Gasteiger partial charge < -0.3 is 18.6 Å². The lowest BCUT2D eigenvalue weighted by molar-refractivity contribution is -0.137. The van der Waals surface area contributed by atoms with Gasteiger partial charge in [-0.25, -0.2) is 9.69 Å². The van der Waals surface area contributed by atoms with Crippen molar-refractivity contribution in [2.45, 2.75) is 77.9 Å². The average molecular weight is 556 g/mol. The molecule has 7 nitrogen and oxygen atoms in total. The Morgan fingerprint density at radius 1 is 1.05 bits per heavy atom. The molecule has 1 fully saturated rings. The third-order valence-electron chi connectivity index (χ3n) is 8.00. The van der Waals surface area contributed by atoms with E-state index in [9.17, 15) is 9.59 Å². The molecule has 0 saturated carbocycles. The van der Waals surface area contributed by atoms with Crippen molar-refractivity contribution in [2.24, 2.45) is 11.8 Å². The Hall–Kier alpha value is -2.68. The fourth-order valence-electron chi connectivity index (χ4n) is 4.53. The lowest BCUT2D eigenvalue weighted by atomic mass is 9.92. The molecule has 2 aromatic rings. The van der Waals surface area contributed by atoms with Crippen LogP contribution in [0.3, 0.4) is 0 Å². The highest BCUT2D eigenvalue weighted by Crippen LogP contribution is 2.39. The Kier molecular flexibility index (Phi) is 10.4. The number of imide groups is 1. The van der Waals surface area contributed by atoms with E-state index in [-0.39, 0.29) is 29.5 Å². The topological polar surface area (TPSA) is 74.3 Å². The van der Waals surface area contributed by atoms with Crippen LogP contribution >= 0.6 is 0 Å². The van der Waals surface area contributed by atoms with Crippen LogP contribution in [0, 0.1) is 11.8 Å². The Balaban J connectivity index is 1.76. The SMILES string of the molecule is COc1ccc(COC[C@H](C)[C@H](O[Si](C)(C)C(C)(C)C)[C@@H](C)C(=O)N2C(=O)OC[C@H]2Cc2ccccc2)cc1. The number of cyclic esters (lactones) is 1. The number of methoxy groups -OCH3 is 1. The molecule has 1 aliphatic rings. The molecule has 8 heteroatoms. The van der Waals surface area contributed by atoms with E-state index in [0.717, 1.165) is 16.9 Å². The number of benzene rings is 2. The highest BCUT2D eigenvalue weighted by molar-refractivity contribution is 6.74. The first-order valence-corrected chi connectivity index (χ1v) is 16.7. The Bertz CT molecular complexity index is 1080. The van der Waals surface area contributed by atoms with E-state index in [2.05, 4.69) is 40.8 Å². The van der Waals surface area contributed by atoms with Crippen LogP contribution in [-0.4, -0.2) is 57.7 Å². The van der Waals surface area contributed by atoms with Crippen LogP contribution in [0.5, 0.6) is 5.75 Å². The first kappa shape index (κ1) is 30.9. The predicted octanol–water partition coefficient (Wildman–Crippen LogP) is 6.46. The molecule has 0 spiro atoms. The minimum Gasteiger partial charge on any atom is -0.497 e. The fraction of sp³-hybridized carbons (Fsp3) is 0.548. The summed E-state index contributed by atoms with van der Waals surface area (Å²) in [7, 11) is -0.601.